The van der Waals surface area contributed by atoms with Crippen LogP contribution in [0, 0.1) is 5.92 Å². The fourth-order valence-electron chi connectivity index (χ4n) is 2.85. The highest BCUT2D eigenvalue weighted by molar-refractivity contribution is 5.79. The number of para-hydroxylation sites is 1. The van der Waals surface area contributed by atoms with Crippen molar-refractivity contribution >= 4 is 12.0 Å². The summed E-state index contributed by atoms with van der Waals surface area (Å²) in [6.07, 6.45) is -4.28. The zero-order valence-electron chi connectivity index (χ0n) is 16.1. The lowest BCUT2D eigenvalue weighted by Crippen LogP contribution is -2.44. The maximum atomic E-state index is 12.5. The summed E-state index contributed by atoms with van der Waals surface area (Å²) < 4.78 is 46.7. The number of nitrogens with zero attached hydrogens (tertiary/aromatic N) is 1. The molecule has 1 aromatic carbocycles. The highest BCUT2D eigenvalue weighted by atomic mass is 19.4. The molecule has 2 amide bonds. The van der Waals surface area contributed by atoms with Crippen molar-refractivity contribution in [1.29, 1.82) is 0 Å². The van der Waals surface area contributed by atoms with Gasteiger partial charge in [0.15, 0.2) is 0 Å². The van der Waals surface area contributed by atoms with Gasteiger partial charge in [-0.1, -0.05) is 18.2 Å². The van der Waals surface area contributed by atoms with Crippen molar-refractivity contribution in [2.45, 2.75) is 52.1 Å². The summed E-state index contributed by atoms with van der Waals surface area (Å²) in [5, 5.41) is 2.66. The number of carbonyl (C=O) groups is 2. The molecule has 9 heteroatoms. The average molecular weight is 402 g/mol. The summed E-state index contributed by atoms with van der Waals surface area (Å²) in [6, 6.07) is 5.67. The van der Waals surface area contributed by atoms with Crippen molar-refractivity contribution in [3.8, 4) is 5.75 Å². The molecule has 0 atom stereocenters. The largest absolute Gasteiger partial charge is 0.573 e. The van der Waals surface area contributed by atoms with E-state index in [1.807, 2.05) is 0 Å². The Labute approximate surface area is 162 Å². The number of hydrogen-bond donors (Lipinski definition) is 1. The van der Waals surface area contributed by atoms with Gasteiger partial charge >= 0.3 is 12.5 Å². The third-order valence-electron chi connectivity index (χ3n) is 4.17. The number of rotatable bonds is 4. The number of piperidine rings is 1. The summed E-state index contributed by atoms with van der Waals surface area (Å²) in [6.45, 7) is 6.06. The Bertz CT molecular complexity index is 693. The van der Waals surface area contributed by atoms with Crippen LogP contribution in [0.25, 0.3) is 0 Å². The fraction of sp³-hybridized carbons (Fsp3) is 0.579. The van der Waals surface area contributed by atoms with Crippen LogP contribution in [0.5, 0.6) is 5.75 Å². The molecule has 0 unspecified atom stereocenters. The van der Waals surface area contributed by atoms with E-state index in [0.29, 0.717) is 25.9 Å². The minimum absolute atomic E-state index is 0.0721. The van der Waals surface area contributed by atoms with Gasteiger partial charge in [-0.2, -0.15) is 0 Å². The van der Waals surface area contributed by atoms with Crippen LogP contribution in [-0.2, 0) is 16.1 Å². The van der Waals surface area contributed by atoms with Crippen molar-refractivity contribution in [1.82, 2.24) is 10.2 Å². The van der Waals surface area contributed by atoms with E-state index in [1.54, 1.807) is 31.7 Å². The van der Waals surface area contributed by atoms with E-state index in [4.69, 9.17) is 4.74 Å². The first kappa shape index (κ1) is 21.8. The monoisotopic (exact) mass is 402 g/mol. The second-order valence-corrected chi connectivity index (χ2v) is 7.61. The molecule has 28 heavy (non-hydrogen) atoms. The topological polar surface area (TPSA) is 67.9 Å². The van der Waals surface area contributed by atoms with Gasteiger partial charge in [-0.05, 0) is 39.7 Å². The van der Waals surface area contributed by atoms with E-state index in [1.165, 1.54) is 18.2 Å². The molecule has 0 bridgehead atoms. The Hall–Kier alpha value is -2.45. The van der Waals surface area contributed by atoms with Gasteiger partial charge < -0.3 is 19.7 Å². The SMILES string of the molecule is CC(C)(C)OC(=O)N1CCC(C(=O)NCc2ccccc2OC(F)(F)F)CC1. The molecule has 1 N–H and O–H groups in total. The number of amides is 2. The Morgan fingerprint density at radius 2 is 1.75 bits per heavy atom. The van der Waals surface area contributed by atoms with Gasteiger partial charge in [0, 0.05) is 31.1 Å². The fourth-order valence-corrected chi connectivity index (χ4v) is 2.85. The van der Waals surface area contributed by atoms with Crippen LogP contribution in [0.3, 0.4) is 0 Å². The third-order valence-corrected chi connectivity index (χ3v) is 4.17. The Kier molecular flexibility index (Phi) is 6.79. The number of carbonyl (C=O) groups excluding carboxylic acids is 2. The third kappa shape index (κ3) is 6.94. The van der Waals surface area contributed by atoms with Crippen molar-refractivity contribution < 1.29 is 32.2 Å². The standard InChI is InChI=1S/C19H25F3N2O4/c1-18(2,3)28-17(26)24-10-8-13(9-11-24)16(25)23-12-14-6-4-5-7-15(14)27-19(20,21)22/h4-7,13H,8-12H2,1-3H3,(H,23,25). The Morgan fingerprint density at radius 1 is 1.14 bits per heavy atom. The van der Waals surface area contributed by atoms with E-state index >= 15 is 0 Å². The average Bonchev–Trinajstić information content (AvgIpc) is 2.58. The molecule has 6 nitrogen and oxygen atoms in total. The second kappa shape index (κ2) is 8.70. The van der Waals surface area contributed by atoms with Crippen LogP contribution >= 0.6 is 0 Å². The van der Waals surface area contributed by atoms with Crippen molar-refractivity contribution in [3.05, 3.63) is 29.8 Å². The summed E-state index contributed by atoms with van der Waals surface area (Å²) in [4.78, 5) is 26.0. The number of benzene rings is 1. The van der Waals surface area contributed by atoms with Crippen molar-refractivity contribution in [3.63, 3.8) is 0 Å². The number of nitrogens with one attached hydrogen (secondary N) is 1. The highest BCUT2D eigenvalue weighted by Crippen LogP contribution is 2.26. The van der Waals surface area contributed by atoms with Crippen LogP contribution in [0.15, 0.2) is 24.3 Å². The molecular formula is C19H25F3N2O4. The van der Waals surface area contributed by atoms with E-state index in [2.05, 4.69) is 10.1 Å². The van der Waals surface area contributed by atoms with Gasteiger partial charge in [-0.3, -0.25) is 4.79 Å². The molecule has 1 heterocycles. The molecular weight excluding hydrogens is 377 g/mol. The van der Waals surface area contributed by atoms with E-state index in [-0.39, 0.29) is 29.7 Å². The minimum atomic E-state index is -4.80. The normalized spacial score (nSPS) is 15.9. The predicted octanol–water partition coefficient (Wildman–Crippen LogP) is 3.85. The summed E-state index contributed by atoms with van der Waals surface area (Å²) >= 11 is 0. The van der Waals surface area contributed by atoms with Gasteiger partial charge in [0.2, 0.25) is 5.91 Å². The molecule has 0 spiro atoms. The van der Waals surface area contributed by atoms with Crippen LogP contribution < -0.4 is 10.1 Å². The molecule has 1 fully saturated rings. The van der Waals surface area contributed by atoms with Crippen LogP contribution in [-0.4, -0.2) is 42.0 Å². The van der Waals surface area contributed by atoms with Gasteiger partial charge in [0.05, 0.1) is 0 Å². The molecule has 1 aliphatic heterocycles. The molecule has 0 aliphatic carbocycles. The molecule has 0 radical (unpaired) electrons. The first-order valence-electron chi connectivity index (χ1n) is 9.04. The highest BCUT2D eigenvalue weighted by Gasteiger charge is 2.32. The molecule has 0 saturated carbocycles. The lowest BCUT2D eigenvalue weighted by Gasteiger charge is -2.33. The Morgan fingerprint density at radius 3 is 2.32 bits per heavy atom. The van der Waals surface area contributed by atoms with Gasteiger partial charge in [-0.15, -0.1) is 13.2 Å². The number of alkyl halides is 3. The molecule has 0 aromatic heterocycles. The van der Waals surface area contributed by atoms with Crippen LogP contribution in [0.2, 0.25) is 0 Å². The molecule has 1 saturated heterocycles. The van der Waals surface area contributed by atoms with E-state index < -0.39 is 18.1 Å². The quantitative estimate of drug-likeness (QED) is 0.831. The maximum Gasteiger partial charge on any atom is 0.573 e. The Balaban J connectivity index is 1.85. The van der Waals surface area contributed by atoms with Crippen molar-refractivity contribution in [2.24, 2.45) is 5.92 Å². The molecule has 1 aromatic rings. The number of halogens is 3. The summed E-state index contributed by atoms with van der Waals surface area (Å²) in [5.41, 5.74) is -0.351. The van der Waals surface area contributed by atoms with Gasteiger partial charge in [0.25, 0.3) is 0 Å². The van der Waals surface area contributed by atoms with E-state index in [0.717, 1.165) is 0 Å². The summed E-state index contributed by atoms with van der Waals surface area (Å²) in [5.74, 6) is -0.907. The minimum Gasteiger partial charge on any atom is -0.444 e. The first-order chi connectivity index (χ1) is 12.9. The zero-order valence-corrected chi connectivity index (χ0v) is 16.1. The zero-order chi connectivity index (χ0) is 20.9. The number of ether oxygens (including phenoxy) is 2. The number of hydrogen-bond acceptors (Lipinski definition) is 4. The first-order valence-corrected chi connectivity index (χ1v) is 9.04. The van der Waals surface area contributed by atoms with Crippen molar-refractivity contribution in [2.75, 3.05) is 13.1 Å². The predicted molar refractivity (Wildman–Crippen MR) is 95.5 cm³/mol. The van der Waals surface area contributed by atoms with Crippen LogP contribution in [0.1, 0.15) is 39.2 Å². The van der Waals surface area contributed by atoms with E-state index in [9.17, 15) is 22.8 Å². The molecule has 1 aliphatic rings. The molecule has 2 rings (SSSR count). The lowest BCUT2D eigenvalue weighted by molar-refractivity contribution is -0.274. The second-order valence-electron chi connectivity index (χ2n) is 7.61. The molecule has 156 valence electrons. The maximum absolute atomic E-state index is 12.5. The lowest BCUT2D eigenvalue weighted by atomic mass is 9.96. The number of likely N-dealkylation sites (tertiary alicyclic amines) is 1. The van der Waals surface area contributed by atoms with Gasteiger partial charge in [-0.25, -0.2) is 4.79 Å². The van der Waals surface area contributed by atoms with Gasteiger partial charge in [0.1, 0.15) is 11.4 Å². The summed E-state index contributed by atoms with van der Waals surface area (Å²) in [7, 11) is 0. The van der Waals surface area contributed by atoms with Crippen LogP contribution in [0.4, 0.5) is 18.0 Å². The smallest absolute Gasteiger partial charge is 0.444 e.